The lowest BCUT2D eigenvalue weighted by molar-refractivity contribution is -0.118. The highest BCUT2D eigenvalue weighted by atomic mass is 35.5. The molecule has 0 bridgehead atoms. The summed E-state index contributed by atoms with van der Waals surface area (Å²) >= 11 is 9.32. The van der Waals surface area contributed by atoms with Crippen LogP contribution >= 0.6 is 34.7 Å². The fraction of sp³-hybridized carbons (Fsp3) is 0.381. The van der Waals surface area contributed by atoms with Crippen molar-refractivity contribution >= 4 is 51.4 Å². The Morgan fingerprint density at radius 3 is 2.71 bits per heavy atom. The van der Waals surface area contributed by atoms with Gasteiger partial charge < -0.3 is 5.32 Å². The number of nitrogens with zero attached hydrogens (tertiary/aromatic N) is 2. The molecule has 1 aromatic carbocycles. The van der Waals surface area contributed by atoms with E-state index in [0.29, 0.717) is 17.3 Å². The molecule has 1 amide bonds. The van der Waals surface area contributed by atoms with E-state index in [0.717, 1.165) is 34.0 Å². The summed E-state index contributed by atoms with van der Waals surface area (Å²) in [5.41, 5.74) is 1.58. The van der Waals surface area contributed by atoms with E-state index in [2.05, 4.69) is 16.8 Å². The number of carbonyl (C=O) groups excluding carboxylic acids is 1. The number of rotatable bonds is 5. The van der Waals surface area contributed by atoms with Crippen LogP contribution < -0.4 is 5.32 Å². The van der Waals surface area contributed by atoms with Crippen molar-refractivity contribution in [3.63, 3.8) is 0 Å². The molecule has 1 aromatic heterocycles. The lowest BCUT2D eigenvalue weighted by atomic mass is 9.90. The van der Waals surface area contributed by atoms with Gasteiger partial charge in [0.05, 0.1) is 10.6 Å². The first-order valence-electron chi connectivity index (χ1n) is 9.52. The van der Waals surface area contributed by atoms with Crippen LogP contribution in [0.3, 0.4) is 0 Å². The fourth-order valence-electron chi connectivity index (χ4n) is 3.56. The van der Waals surface area contributed by atoms with Crippen LogP contribution in [0.25, 0.3) is 0 Å². The first kappa shape index (κ1) is 19.7. The lowest BCUT2D eigenvalue weighted by Crippen LogP contribution is -2.26. The maximum Gasteiger partial charge on any atom is 0.230 e. The van der Waals surface area contributed by atoms with Gasteiger partial charge in [0, 0.05) is 11.6 Å². The van der Waals surface area contributed by atoms with Crippen LogP contribution in [0.5, 0.6) is 0 Å². The van der Waals surface area contributed by atoms with E-state index in [1.807, 2.05) is 30.3 Å². The fourth-order valence-corrected chi connectivity index (χ4v) is 5.44. The Bertz CT molecular complexity index is 902. The van der Waals surface area contributed by atoms with Crippen LogP contribution in [0, 0.1) is 0 Å². The van der Waals surface area contributed by atoms with Gasteiger partial charge in [0.25, 0.3) is 0 Å². The van der Waals surface area contributed by atoms with Gasteiger partial charge in [0.2, 0.25) is 5.91 Å². The van der Waals surface area contributed by atoms with Gasteiger partial charge in [-0.2, -0.15) is 0 Å². The molecule has 0 radical (unpaired) electrons. The van der Waals surface area contributed by atoms with Gasteiger partial charge in [-0.1, -0.05) is 54.0 Å². The van der Waals surface area contributed by atoms with Gasteiger partial charge in [-0.05, 0) is 48.8 Å². The van der Waals surface area contributed by atoms with Gasteiger partial charge in [-0.3, -0.25) is 9.79 Å². The van der Waals surface area contributed by atoms with Crippen molar-refractivity contribution in [2.75, 3.05) is 5.75 Å². The molecule has 1 fully saturated rings. The number of nitrogens with one attached hydrogen (secondary N) is 1. The van der Waals surface area contributed by atoms with Crippen molar-refractivity contribution in [3.8, 4) is 0 Å². The van der Waals surface area contributed by atoms with E-state index in [1.165, 1.54) is 31.0 Å². The largest absolute Gasteiger partial charge is 0.351 e. The Kier molecular flexibility index (Phi) is 6.19. The van der Waals surface area contributed by atoms with Gasteiger partial charge >= 0.3 is 0 Å². The molecular weight excluding hydrogens is 410 g/mol. The highest BCUT2D eigenvalue weighted by molar-refractivity contribution is 8.16. The van der Waals surface area contributed by atoms with Crippen molar-refractivity contribution in [1.29, 1.82) is 0 Å². The Morgan fingerprint density at radius 1 is 1.14 bits per heavy atom. The number of carbonyl (C=O) groups is 1. The third-order valence-corrected chi connectivity index (χ3v) is 7.22. The smallest absolute Gasteiger partial charge is 0.230 e. The highest BCUT2D eigenvalue weighted by Crippen LogP contribution is 2.39. The minimum atomic E-state index is -0.298. The van der Waals surface area contributed by atoms with Gasteiger partial charge in [-0.15, -0.1) is 11.3 Å². The summed E-state index contributed by atoms with van der Waals surface area (Å²) in [6.45, 7) is 0.432. The van der Waals surface area contributed by atoms with E-state index < -0.39 is 0 Å². The first-order chi connectivity index (χ1) is 13.7. The third-order valence-electron chi connectivity index (χ3n) is 5.01. The summed E-state index contributed by atoms with van der Waals surface area (Å²) in [7, 11) is 0. The van der Waals surface area contributed by atoms with Crippen molar-refractivity contribution in [3.05, 3.63) is 57.2 Å². The van der Waals surface area contributed by atoms with Gasteiger partial charge in [0.1, 0.15) is 10.8 Å². The molecule has 2 aromatic rings. The summed E-state index contributed by atoms with van der Waals surface area (Å²) in [4.78, 5) is 23.5. The summed E-state index contributed by atoms with van der Waals surface area (Å²) in [6.07, 6.45) is 5.60. The van der Waals surface area contributed by atoms with Crippen molar-refractivity contribution in [2.24, 2.45) is 9.98 Å². The summed E-state index contributed by atoms with van der Waals surface area (Å²) in [5.74, 6) is 0.298. The first-order valence-corrected chi connectivity index (χ1v) is 11.8. The van der Waals surface area contributed by atoms with Gasteiger partial charge in [-0.25, -0.2) is 4.99 Å². The Morgan fingerprint density at radius 2 is 1.96 bits per heavy atom. The molecule has 1 saturated carbocycles. The quantitative estimate of drug-likeness (QED) is 0.697. The molecule has 0 saturated heterocycles. The number of amides is 1. The molecule has 28 heavy (non-hydrogen) atoms. The number of halogens is 1. The predicted molar refractivity (Wildman–Crippen MR) is 120 cm³/mol. The number of hydrogen-bond donors (Lipinski definition) is 1. The average molecular weight is 432 g/mol. The standard InChI is InChI=1S/C21H22ClN3OS2/c22-16-8-3-2-7-15(16)13-23-18(26)14-28-20-19(17-9-6-12-27-17)24-21(25-20)10-4-1-5-11-21/h2-3,6-9,12H,1,4-5,10-11,13-14H2,(H,23,26). The minimum Gasteiger partial charge on any atom is -0.351 e. The molecule has 7 heteroatoms. The zero-order chi connectivity index (χ0) is 19.4. The molecule has 0 unspecified atom stereocenters. The summed E-state index contributed by atoms with van der Waals surface area (Å²) < 4.78 is 0. The minimum absolute atomic E-state index is 0.0252. The molecule has 1 aliphatic heterocycles. The van der Waals surface area contributed by atoms with Gasteiger partial charge in [0.15, 0.2) is 5.66 Å². The maximum atomic E-state index is 12.4. The second-order valence-corrected chi connectivity index (χ2v) is 9.37. The summed E-state index contributed by atoms with van der Waals surface area (Å²) in [5, 5.41) is 6.57. The lowest BCUT2D eigenvalue weighted by Gasteiger charge is -2.27. The Hall–Kier alpha value is -1.63. The van der Waals surface area contributed by atoms with Crippen LogP contribution in [-0.4, -0.2) is 28.1 Å². The molecule has 4 nitrogen and oxygen atoms in total. The second-order valence-electron chi connectivity index (χ2n) is 7.05. The monoisotopic (exact) mass is 431 g/mol. The van der Waals surface area contributed by atoms with Crippen LogP contribution in [0.15, 0.2) is 51.8 Å². The van der Waals surface area contributed by atoms with E-state index in [-0.39, 0.29) is 11.6 Å². The molecule has 4 rings (SSSR count). The van der Waals surface area contributed by atoms with Crippen LogP contribution in [0.1, 0.15) is 42.5 Å². The maximum absolute atomic E-state index is 12.4. The average Bonchev–Trinajstić information content (AvgIpc) is 3.35. The van der Waals surface area contributed by atoms with Crippen LogP contribution in [0.2, 0.25) is 5.02 Å². The number of thioether (sulfide) groups is 1. The molecule has 1 aliphatic carbocycles. The number of thiophene rings is 1. The van der Waals surface area contributed by atoms with Crippen molar-refractivity contribution in [2.45, 2.75) is 44.3 Å². The van der Waals surface area contributed by atoms with Crippen molar-refractivity contribution in [1.82, 2.24) is 5.32 Å². The van der Waals surface area contributed by atoms with E-state index in [9.17, 15) is 4.79 Å². The molecule has 1 spiro atoms. The number of hydrogen-bond acceptors (Lipinski definition) is 5. The predicted octanol–water partition coefficient (Wildman–Crippen LogP) is 5.31. The molecule has 146 valence electrons. The molecular formula is C21H22ClN3OS2. The zero-order valence-corrected chi connectivity index (χ0v) is 17.9. The number of aliphatic imine (C=N–C) groups is 2. The summed E-state index contributed by atoms with van der Waals surface area (Å²) in [6, 6.07) is 11.7. The highest BCUT2D eigenvalue weighted by Gasteiger charge is 2.38. The SMILES string of the molecule is O=C(CSC1=NC2(CCCCC2)N=C1c1cccs1)NCc1ccccc1Cl. The Balaban J connectivity index is 1.41. The van der Waals surface area contributed by atoms with Crippen molar-refractivity contribution < 1.29 is 4.79 Å². The third kappa shape index (κ3) is 4.50. The van der Waals surface area contributed by atoms with E-state index >= 15 is 0 Å². The van der Waals surface area contributed by atoms with Crippen LogP contribution in [-0.2, 0) is 11.3 Å². The zero-order valence-electron chi connectivity index (χ0n) is 15.5. The Labute approximate surface area is 178 Å². The topological polar surface area (TPSA) is 53.8 Å². The molecule has 0 atom stereocenters. The molecule has 1 N–H and O–H groups in total. The normalized spacial score (nSPS) is 18.0. The molecule has 2 heterocycles. The second kappa shape index (κ2) is 8.80. The van der Waals surface area contributed by atoms with E-state index in [1.54, 1.807) is 11.3 Å². The van der Waals surface area contributed by atoms with E-state index in [4.69, 9.17) is 21.6 Å². The van der Waals surface area contributed by atoms with Crippen LogP contribution in [0.4, 0.5) is 0 Å². The number of benzene rings is 1. The molecule has 2 aliphatic rings.